The average molecular weight is 422 g/mol. The average Bonchev–Trinajstić information content (AvgIpc) is 3.56. The molecular weight excluding hydrogens is 404 g/mol. The molecule has 0 fully saturated rings. The molecule has 2 aliphatic rings. The first-order valence-electron chi connectivity index (χ1n) is 9.92. The quantitative estimate of drug-likeness (QED) is 0.318. The second-order valence-corrected chi connectivity index (χ2v) is 7.19. The van der Waals surface area contributed by atoms with Crippen molar-refractivity contribution < 1.29 is 14.3 Å². The molecule has 4 aromatic rings. The summed E-state index contributed by atoms with van der Waals surface area (Å²) in [5.41, 5.74) is 7.86. The van der Waals surface area contributed by atoms with Gasteiger partial charge in [-0.3, -0.25) is 0 Å². The summed E-state index contributed by atoms with van der Waals surface area (Å²) in [4.78, 5) is 26.0. The molecule has 0 amide bonds. The number of carboxylic acid groups (broad SMARTS) is 1. The van der Waals surface area contributed by atoms with Crippen LogP contribution in [0.1, 0.15) is 33.3 Å². The Bertz CT molecular complexity index is 1330. The summed E-state index contributed by atoms with van der Waals surface area (Å²) in [5.74, 6) is -1.06. The molecule has 6 rings (SSSR count). The van der Waals surface area contributed by atoms with Crippen LogP contribution in [0.4, 0.5) is 0 Å². The van der Waals surface area contributed by atoms with Crippen molar-refractivity contribution in [2.24, 2.45) is 0 Å². The zero-order chi connectivity index (χ0) is 21.9. The summed E-state index contributed by atoms with van der Waals surface area (Å²) in [6.07, 6.45) is 9.41. The number of carbonyl (C=O) groups is 1. The number of hydrogen-bond donors (Lipinski definition) is 3. The molecule has 7 nitrogen and oxygen atoms in total. The molecule has 8 bridgehead atoms. The third kappa shape index (κ3) is 4.41. The van der Waals surface area contributed by atoms with Gasteiger partial charge in [0.15, 0.2) is 0 Å². The van der Waals surface area contributed by atoms with Crippen molar-refractivity contribution in [2.75, 3.05) is 0 Å². The molecule has 0 aliphatic carbocycles. The van der Waals surface area contributed by atoms with Crippen LogP contribution >= 0.6 is 0 Å². The summed E-state index contributed by atoms with van der Waals surface area (Å²) >= 11 is 0. The number of nitrogens with one attached hydrogen (secondary N) is 2. The Labute approximate surface area is 182 Å². The minimum atomic E-state index is -1.03. The van der Waals surface area contributed by atoms with Gasteiger partial charge in [0, 0.05) is 22.1 Å². The number of furan rings is 1. The van der Waals surface area contributed by atoms with E-state index in [1.54, 1.807) is 0 Å². The molecule has 0 radical (unpaired) electrons. The molecule has 7 heteroatoms. The number of aromatic amines is 2. The Morgan fingerprint density at radius 1 is 0.688 bits per heavy atom. The van der Waals surface area contributed by atoms with Gasteiger partial charge in [-0.2, -0.15) is 0 Å². The number of aromatic nitrogens is 4. The molecule has 4 aromatic heterocycles. The largest absolute Gasteiger partial charge is 0.475 e. The Hall–Kier alpha value is -4.65. The fourth-order valence-corrected chi connectivity index (χ4v) is 3.34. The number of rotatable bonds is 1. The predicted molar refractivity (Wildman–Crippen MR) is 125 cm³/mol. The minimum absolute atomic E-state index is 0.0231. The summed E-state index contributed by atoms with van der Waals surface area (Å²) < 4.78 is 4.50. The van der Waals surface area contributed by atoms with E-state index in [2.05, 4.69) is 48.6 Å². The van der Waals surface area contributed by atoms with E-state index in [0.717, 1.165) is 44.8 Å². The van der Waals surface area contributed by atoms with Gasteiger partial charge >= 0.3 is 5.97 Å². The molecule has 0 saturated carbocycles. The van der Waals surface area contributed by atoms with Gasteiger partial charge in [-0.1, -0.05) is 0 Å². The lowest BCUT2D eigenvalue weighted by molar-refractivity contribution is 0.0662. The lowest BCUT2D eigenvalue weighted by atomic mass is 10.3. The molecule has 2 aliphatic heterocycles. The van der Waals surface area contributed by atoms with Crippen molar-refractivity contribution in [1.82, 2.24) is 19.9 Å². The number of carboxylic acids is 1. The number of aromatic carboxylic acids is 1. The third-order valence-electron chi connectivity index (χ3n) is 4.77. The lowest BCUT2D eigenvalue weighted by Crippen LogP contribution is -1.90. The summed E-state index contributed by atoms with van der Waals surface area (Å²) in [6, 6.07) is 19.3. The number of fused-ring (bicyclic) bond motifs is 8. The van der Waals surface area contributed by atoms with Crippen LogP contribution in [0.15, 0.2) is 71.3 Å². The van der Waals surface area contributed by atoms with E-state index in [1.165, 1.54) is 18.4 Å². The third-order valence-corrected chi connectivity index (χ3v) is 4.77. The SMILES string of the molecule is C1=Cc2cc3ccc(cc4nc(cc5ccc(cc1n2)[nH]5)C=C4)[nH]3.O=C(O)c1ccco1. The van der Waals surface area contributed by atoms with Crippen LogP contribution in [0, 0.1) is 0 Å². The van der Waals surface area contributed by atoms with Gasteiger partial charge in [-0.15, -0.1) is 0 Å². The topological polar surface area (TPSA) is 108 Å². The first-order valence-corrected chi connectivity index (χ1v) is 9.92. The Morgan fingerprint density at radius 3 is 1.38 bits per heavy atom. The minimum Gasteiger partial charge on any atom is -0.475 e. The van der Waals surface area contributed by atoms with E-state index in [-0.39, 0.29) is 5.76 Å². The monoisotopic (exact) mass is 422 g/mol. The van der Waals surface area contributed by atoms with E-state index in [1.807, 2.05) is 48.6 Å². The maximum atomic E-state index is 9.97. The first kappa shape index (κ1) is 19.3. The Kier molecular flexibility index (Phi) is 4.97. The molecular formula is C25H18N4O3. The number of nitrogens with zero attached hydrogens (tertiary/aromatic N) is 2. The molecule has 0 saturated heterocycles. The second-order valence-electron chi connectivity index (χ2n) is 7.19. The Morgan fingerprint density at radius 2 is 1.09 bits per heavy atom. The van der Waals surface area contributed by atoms with Gasteiger partial charge in [0.05, 0.1) is 29.0 Å². The first-order chi connectivity index (χ1) is 15.6. The molecule has 6 heterocycles. The fourth-order valence-electron chi connectivity index (χ4n) is 3.34. The molecule has 0 unspecified atom stereocenters. The highest BCUT2D eigenvalue weighted by Gasteiger charge is 2.02. The van der Waals surface area contributed by atoms with Crippen molar-refractivity contribution in [3.63, 3.8) is 0 Å². The molecule has 0 aromatic carbocycles. The van der Waals surface area contributed by atoms with Gasteiger partial charge in [-0.25, -0.2) is 14.8 Å². The molecule has 32 heavy (non-hydrogen) atoms. The van der Waals surface area contributed by atoms with Crippen LogP contribution in [0.25, 0.3) is 46.4 Å². The van der Waals surface area contributed by atoms with Crippen LogP contribution in [0.5, 0.6) is 0 Å². The smallest absolute Gasteiger partial charge is 0.371 e. The van der Waals surface area contributed by atoms with Crippen LogP contribution in [-0.2, 0) is 0 Å². The van der Waals surface area contributed by atoms with Gasteiger partial charge in [-0.05, 0) is 85.0 Å². The van der Waals surface area contributed by atoms with E-state index >= 15 is 0 Å². The number of H-pyrrole nitrogens is 2. The fraction of sp³-hybridized carbons (Fsp3) is 0. The highest BCUT2D eigenvalue weighted by atomic mass is 16.4. The zero-order valence-electron chi connectivity index (χ0n) is 16.8. The van der Waals surface area contributed by atoms with Crippen LogP contribution in [0.2, 0.25) is 0 Å². The van der Waals surface area contributed by atoms with Crippen molar-refractivity contribution in [2.45, 2.75) is 0 Å². The van der Waals surface area contributed by atoms with E-state index in [0.29, 0.717) is 0 Å². The molecule has 0 spiro atoms. The van der Waals surface area contributed by atoms with E-state index in [9.17, 15) is 4.79 Å². The maximum absolute atomic E-state index is 9.97. The van der Waals surface area contributed by atoms with Crippen molar-refractivity contribution in [3.05, 3.63) is 95.5 Å². The standard InChI is InChI=1S/C20H14N4.C5H4O3/c1-2-14-10-16-5-6-18(23-16)12-20-8-7-19(24-20)11-17-4-3-15(22-17)9-13(1)21-14;6-5(7)4-2-1-3-8-4/h1-12,21,24H;1-3H,(H,6,7). The predicted octanol–water partition coefficient (Wildman–Crippen LogP) is 5.63. The molecule has 156 valence electrons. The van der Waals surface area contributed by atoms with Crippen LogP contribution < -0.4 is 0 Å². The van der Waals surface area contributed by atoms with Crippen molar-refractivity contribution >= 4 is 52.3 Å². The zero-order valence-corrected chi connectivity index (χ0v) is 16.8. The van der Waals surface area contributed by atoms with Gasteiger partial charge in [0.25, 0.3) is 0 Å². The van der Waals surface area contributed by atoms with Crippen molar-refractivity contribution in [3.8, 4) is 0 Å². The molecule has 3 N–H and O–H groups in total. The highest BCUT2D eigenvalue weighted by molar-refractivity contribution is 5.84. The summed E-state index contributed by atoms with van der Waals surface area (Å²) in [6.45, 7) is 0. The van der Waals surface area contributed by atoms with E-state index in [4.69, 9.17) is 5.11 Å². The lowest BCUT2D eigenvalue weighted by Gasteiger charge is -1.85. The second kappa shape index (κ2) is 8.23. The summed E-state index contributed by atoms with van der Waals surface area (Å²) in [5, 5.41) is 8.18. The normalized spacial score (nSPS) is 11.8. The number of hydrogen-bond acceptors (Lipinski definition) is 4. The highest BCUT2D eigenvalue weighted by Crippen LogP contribution is 2.16. The molecule has 0 atom stereocenters. The van der Waals surface area contributed by atoms with Gasteiger partial charge < -0.3 is 19.5 Å². The Balaban J connectivity index is 0.000000230. The van der Waals surface area contributed by atoms with Gasteiger partial charge in [0.2, 0.25) is 5.76 Å². The summed E-state index contributed by atoms with van der Waals surface area (Å²) in [7, 11) is 0. The van der Waals surface area contributed by atoms with Crippen LogP contribution in [0.3, 0.4) is 0 Å². The van der Waals surface area contributed by atoms with Crippen LogP contribution in [-0.4, -0.2) is 31.0 Å². The van der Waals surface area contributed by atoms with E-state index < -0.39 is 5.97 Å². The maximum Gasteiger partial charge on any atom is 0.371 e. The van der Waals surface area contributed by atoms with Crippen molar-refractivity contribution in [1.29, 1.82) is 0 Å². The van der Waals surface area contributed by atoms with Gasteiger partial charge in [0.1, 0.15) is 0 Å².